The fraction of sp³-hybridized carbons (Fsp3) is 0.538. The summed E-state index contributed by atoms with van der Waals surface area (Å²) in [7, 11) is 1.70. The largest absolute Gasteiger partial charge is 0.399 e. The minimum Gasteiger partial charge on any atom is -0.399 e. The molecule has 0 heterocycles. The van der Waals surface area contributed by atoms with E-state index in [0.29, 0.717) is 5.92 Å². The summed E-state index contributed by atoms with van der Waals surface area (Å²) >= 11 is 0. The predicted molar refractivity (Wildman–Crippen MR) is 68.1 cm³/mol. The van der Waals surface area contributed by atoms with Crippen LogP contribution in [-0.2, 0) is 0 Å². The first-order valence-electron chi connectivity index (χ1n) is 5.80. The number of nitrogens with zero attached hydrogens (tertiary/aromatic N) is 1. The van der Waals surface area contributed by atoms with Crippen LogP contribution in [0.3, 0.4) is 0 Å². The fourth-order valence-electron chi connectivity index (χ4n) is 1.98. The van der Waals surface area contributed by atoms with Crippen LogP contribution in [0.4, 0.5) is 20.2 Å². The van der Waals surface area contributed by atoms with Crippen LogP contribution in [0.25, 0.3) is 0 Å². The van der Waals surface area contributed by atoms with E-state index >= 15 is 0 Å². The second kappa shape index (κ2) is 5.34. The van der Waals surface area contributed by atoms with Gasteiger partial charge in [0.05, 0.1) is 0 Å². The highest BCUT2D eigenvalue weighted by Gasteiger charge is 2.19. The molecule has 0 aliphatic heterocycles. The number of nitrogen functional groups attached to an aromatic ring is 1. The summed E-state index contributed by atoms with van der Waals surface area (Å²) in [4.78, 5) is 1.63. The van der Waals surface area contributed by atoms with Crippen molar-refractivity contribution in [1.82, 2.24) is 0 Å². The van der Waals surface area contributed by atoms with Gasteiger partial charge in [-0.1, -0.05) is 13.8 Å². The predicted octanol–water partition coefficient (Wildman–Crippen LogP) is 3.42. The van der Waals surface area contributed by atoms with Gasteiger partial charge >= 0.3 is 0 Å². The van der Waals surface area contributed by atoms with E-state index in [1.165, 1.54) is 0 Å². The minimum absolute atomic E-state index is 0.00708. The maximum absolute atomic E-state index is 13.7. The topological polar surface area (TPSA) is 29.3 Å². The van der Waals surface area contributed by atoms with E-state index < -0.39 is 11.6 Å². The average Bonchev–Trinajstić information content (AvgIpc) is 2.14. The number of hydrogen-bond donors (Lipinski definition) is 1. The zero-order valence-electron chi connectivity index (χ0n) is 10.8. The Balaban J connectivity index is 2.99. The van der Waals surface area contributed by atoms with Crippen LogP contribution in [0.2, 0.25) is 0 Å². The lowest BCUT2D eigenvalue weighted by molar-refractivity contribution is 0.489. The molecule has 2 nitrogen and oxygen atoms in total. The number of hydrogen-bond acceptors (Lipinski definition) is 2. The Bertz CT molecular complexity index is 368. The first-order chi connectivity index (χ1) is 7.82. The van der Waals surface area contributed by atoms with Crippen LogP contribution in [0.5, 0.6) is 0 Å². The van der Waals surface area contributed by atoms with E-state index in [-0.39, 0.29) is 17.4 Å². The maximum atomic E-state index is 13.7. The standard InChI is InChI=1S/C13H20F2N2/c1-8(2)5-9(3)17(4)13-11(14)6-10(16)7-12(13)15/h6-9H,5,16H2,1-4H3. The van der Waals surface area contributed by atoms with Crippen molar-refractivity contribution in [2.45, 2.75) is 33.2 Å². The van der Waals surface area contributed by atoms with Crippen LogP contribution in [0.15, 0.2) is 12.1 Å². The van der Waals surface area contributed by atoms with Gasteiger partial charge in [-0.2, -0.15) is 0 Å². The van der Waals surface area contributed by atoms with Gasteiger partial charge in [0.2, 0.25) is 0 Å². The van der Waals surface area contributed by atoms with Gasteiger partial charge in [-0.25, -0.2) is 8.78 Å². The monoisotopic (exact) mass is 242 g/mol. The van der Waals surface area contributed by atoms with E-state index in [2.05, 4.69) is 13.8 Å². The summed E-state index contributed by atoms with van der Waals surface area (Å²) in [6.07, 6.45) is 0.875. The lowest BCUT2D eigenvalue weighted by Crippen LogP contribution is -2.31. The highest BCUT2D eigenvalue weighted by Crippen LogP contribution is 2.27. The molecule has 1 aromatic rings. The second-order valence-corrected chi connectivity index (χ2v) is 4.92. The molecule has 0 aliphatic rings. The van der Waals surface area contributed by atoms with E-state index in [0.717, 1.165) is 18.6 Å². The molecule has 17 heavy (non-hydrogen) atoms. The van der Waals surface area contributed by atoms with Crippen molar-refractivity contribution in [1.29, 1.82) is 0 Å². The van der Waals surface area contributed by atoms with Crippen LogP contribution < -0.4 is 10.6 Å². The third-order valence-electron chi connectivity index (χ3n) is 2.87. The van der Waals surface area contributed by atoms with Crippen molar-refractivity contribution in [2.24, 2.45) is 5.92 Å². The van der Waals surface area contributed by atoms with Crippen molar-refractivity contribution in [3.8, 4) is 0 Å². The molecular formula is C13H20F2N2. The zero-order valence-corrected chi connectivity index (χ0v) is 10.8. The lowest BCUT2D eigenvalue weighted by atomic mass is 10.0. The molecule has 1 aromatic carbocycles. The number of halogens is 2. The van der Waals surface area contributed by atoms with Gasteiger partial charge in [0.1, 0.15) is 5.69 Å². The molecular weight excluding hydrogens is 222 g/mol. The summed E-state index contributed by atoms with van der Waals surface area (Å²) in [5.74, 6) is -0.742. The van der Waals surface area contributed by atoms with Crippen LogP contribution >= 0.6 is 0 Å². The molecule has 1 unspecified atom stereocenters. The first-order valence-corrected chi connectivity index (χ1v) is 5.80. The quantitative estimate of drug-likeness (QED) is 0.820. The van der Waals surface area contributed by atoms with Crippen molar-refractivity contribution in [3.63, 3.8) is 0 Å². The normalized spacial score (nSPS) is 12.9. The van der Waals surface area contributed by atoms with Gasteiger partial charge in [0.25, 0.3) is 0 Å². The Morgan fingerprint density at radius 2 is 1.65 bits per heavy atom. The molecule has 96 valence electrons. The van der Waals surface area contributed by atoms with Crippen LogP contribution in [0, 0.1) is 17.6 Å². The van der Waals surface area contributed by atoms with E-state index in [1.54, 1.807) is 11.9 Å². The smallest absolute Gasteiger partial charge is 0.151 e. The van der Waals surface area contributed by atoms with Crippen LogP contribution in [0.1, 0.15) is 27.2 Å². The first kappa shape index (κ1) is 13.7. The Kier molecular flexibility index (Phi) is 4.32. The summed E-state index contributed by atoms with van der Waals surface area (Å²) in [5, 5.41) is 0. The molecule has 2 N–H and O–H groups in total. The summed E-state index contributed by atoms with van der Waals surface area (Å²) in [6.45, 7) is 6.12. The third-order valence-corrected chi connectivity index (χ3v) is 2.87. The highest BCUT2D eigenvalue weighted by molar-refractivity contribution is 5.55. The van der Waals surface area contributed by atoms with Gasteiger partial charge in [-0.3, -0.25) is 0 Å². The summed E-state index contributed by atoms with van der Waals surface area (Å²) < 4.78 is 27.4. The van der Waals surface area contributed by atoms with Crippen molar-refractivity contribution >= 4 is 11.4 Å². The van der Waals surface area contributed by atoms with Crippen molar-refractivity contribution < 1.29 is 8.78 Å². The van der Waals surface area contributed by atoms with E-state index in [9.17, 15) is 8.78 Å². The van der Waals surface area contributed by atoms with Gasteiger partial charge in [0.15, 0.2) is 11.6 Å². The second-order valence-electron chi connectivity index (χ2n) is 4.92. The highest BCUT2D eigenvalue weighted by atomic mass is 19.1. The Morgan fingerprint density at radius 3 is 2.06 bits per heavy atom. The Morgan fingerprint density at radius 1 is 1.18 bits per heavy atom. The molecule has 0 radical (unpaired) electrons. The van der Waals surface area contributed by atoms with E-state index in [1.807, 2.05) is 6.92 Å². The van der Waals surface area contributed by atoms with Crippen molar-refractivity contribution in [3.05, 3.63) is 23.8 Å². The van der Waals surface area contributed by atoms with E-state index in [4.69, 9.17) is 5.73 Å². The fourth-order valence-corrected chi connectivity index (χ4v) is 1.98. The molecule has 4 heteroatoms. The molecule has 0 saturated carbocycles. The number of anilines is 2. The summed E-state index contributed by atoms with van der Waals surface area (Å²) in [6, 6.07) is 2.37. The molecule has 0 spiro atoms. The Hall–Kier alpha value is -1.32. The molecule has 0 bridgehead atoms. The zero-order chi connectivity index (χ0) is 13.2. The van der Waals surface area contributed by atoms with Gasteiger partial charge in [-0.15, -0.1) is 0 Å². The minimum atomic E-state index is -0.611. The average molecular weight is 242 g/mol. The molecule has 0 aromatic heterocycles. The Labute approximate surface area is 101 Å². The summed E-state index contributed by atoms with van der Waals surface area (Å²) in [5.41, 5.74) is 5.48. The molecule has 1 atom stereocenters. The molecule has 0 amide bonds. The van der Waals surface area contributed by atoms with Crippen LogP contribution in [-0.4, -0.2) is 13.1 Å². The number of rotatable bonds is 4. The van der Waals surface area contributed by atoms with Gasteiger partial charge < -0.3 is 10.6 Å². The number of benzene rings is 1. The SMILES string of the molecule is CC(C)CC(C)N(C)c1c(F)cc(N)cc1F. The van der Waals surface area contributed by atoms with Gasteiger partial charge in [0, 0.05) is 18.8 Å². The molecule has 1 rings (SSSR count). The maximum Gasteiger partial charge on any atom is 0.151 e. The third kappa shape index (κ3) is 3.32. The molecule has 0 saturated heterocycles. The van der Waals surface area contributed by atoms with Gasteiger partial charge in [-0.05, 0) is 31.4 Å². The lowest BCUT2D eigenvalue weighted by Gasteiger charge is -2.29. The molecule has 0 aliphatic carbocycles. The van der Waals surface area contributed by atoms with Crippen molar-refractivity contribution in [2.75, 3.05) is 17.7 Å². The number of nitrogens with two attached hydrogens (primary N) is 1. The molecule has 0 fully saturated rings.